The highest BCUT2D eigenvalue weighted by molar-refractivity contribution is 6.10. The summed E-state index contributed by atoms with van der Waals surface area (Å²) in [5.41, 5.74) is 7.43. The molecule has 0 aromatic heterocycles. The molecule has 3 aromatic carbocycles. The summed E-state index contributed by atoms with van der Waals surface area (Å²) >= 11 is 0. The predicted octanol–water partition coefficient (Wildman–Crippen LogP) is 8.90. The van der Waals surface area contributed by atoms with E-state index >= 15 is 0 Å². The van der Waals surface area contributed by atoms with Gasteiger partial charge in [-0.25, -0.2) is 0 Å². The Balaban J connectivity index is 1.41. The maximum Gasteiger partial charge on any atom is 0.258 e. The van der Waals surface area contributed by atoms with Crippen LogP contribution in [-0.4, -0.2) is 39.3 Å². The highest BCUT2D eigenvalue weighted by atomic mass is 16.5. The van der Waals surface area contributed by atoms with E-state index in [-0.39, 0.29) is 16.7 Å². The number of carbonyl (C=O) groups is 1. The molecule has 3 aromatic rings. The van der Waals surface area contributed by atoms with Gasteiger partial charge in [0.2, 0.25) is 0 Å². The molecular weight excluding hydrogens is 558 g/mol. The number of fused-ring (bicyclic) bond motifs is 1. The molecule has 1 amide bonds. The molecule has 1 fully saturated rings. The summed E-state index contributed by atoms with van der Waals surface area (Å²) in [6, 6.07) is 19.1. The highest BCUT2D eigenvalue weighted by Gasteiger charge is 2.36. The van der Waals surface area contributed by atoms with E-state index in [1.165, 1.54) is 12.0 Å². The third-order valence-corrected chi connectivity index (χ3v) is 9.25. The summed E-state index contributed by atoms with van der Waals surface area (Å²) in [7, 11) is 1.65. The first-order valence-electron chi connectivity index (χ1n) is 16.7. The van der Waals surface area contributed by atoms with Crippen molar-refractivity contribution >= 4 is 17.3 Å². The lowest BCUT2D eigenvalue weighted by molar-refractivity contribution is 0.0996. The van der Waals surface area contributed by atoms with Crippen LogP contribution in [-0.2, 0) is 6.54 Å². The molecular formula is C39H53N3O3. The van der Waals surface area contributed by atoms with Crippen LogP contribution in [0.3, 0.4) is 0 Å². The zero-order valence-electron chi connectivity index (χ0n) is 28.7. The largest absolute Gasteiger partial charge is 0.493 e. The summed E-state index contributed by atoms with van der Waals surface area (Å²) in [6.45, 7) is 20.4. The Morgan fingerprint density at radius 3 is 2.40 bits per heavy atom. The topological polar surface area (TPSA) is 62.8 Å². The number of anilines is 2. The van der Waals surface area contributed by atoms with Gasteiger partial charge in [-0.3, -0.25) is 4.79 Å². The Hall–Kier alpha value is -3.51. The van der Waals surface area contributed by atoms with E-state index in [1.807, 2.05) is 23.1 Å². The maximum absolute atomic E-state index is 13.9. The van der Waals surface area contributed by atoms with Crippen molar-refractivity contribution in [1.82, 2.24) is 5.32 Å². The van der Waals surface area contributed by atoms with E-state index in [1.54, 1.807) is 7.11 Å². The van der Waals surface area contributed by atoms with Gasteiger partial charge in [0.25, 0.3) is 5.91 Å². The SMILES string of the molecule is CCCNc1cc(-c2ccc3c(c2)C(=O)N(c2ccc(OCCC4CCNC4)c(OC)c2)C3)cc(C(C(C)(C)C)C(C)(C)C)c1. The van der Waals surface area contributed by atoms with Gasteiger partial charge in [0.1, 0.15) is 0 Å². The Bertz CT molecular complexity index is 1480. The number of nitrogens with zero attached hydrogens (tertiary/aromatic N) is 1. The van der Waals surface area contributed by atoms with Crippen molar-refractivity contribution in [1.29, 1.82) is 0 Å². The minimum absolute atomic E-state index is 0.0130. The molecule has 2 aliphatic rings. The van der Waals surface area contributed by atoms with Gasteiger partial charge >= 0.3 is 0 Å². The Labute approximate surface area is 270 Å². The van der Waals surface area contributed by atoms with E-state index in [9.17, 15) is 4.79 Å². The van der Waals surface area contributed by atoms with Gasteiger partial charge in [0.15, 0.2) is 11.5 Å². The fourth-order valence-corrected chi connectivity index (χ4v) is 7.58. The van der Waals surface area contributed by atoms with Crippen LogP contribution in [0, 0.1) is 16.7 Å². The van der Waals surface area contributed by atoms with Crippen LogP contribution in [0.1, 0.15) is 95.1 Å². The second kappa shape index (κ2) is 13.5. The number of benzene rings is 3. The molecule has 1 atom stereocenters. The Kier molecular flexibility index (Phi) is 9.83. The number of methoxy groups -OCH3 is 1. The van der Waals surface area contributed by atoms with Crippen LogP contribution in [0.15, 0.2) is 54.6 Å². The molecule has 0 radical (unpaired) electrons. The first kappa shape index (κ1) is 32.9. The minimum Gasteiger partial charge on any atom is -0.493 e. The van der Waals surface area contributed by atoms with Crippen molar-refractivity contribution < 1.29 is 14.3 Å². The van der Waals surface area contributed by atoms with Gasteiger partial charge in [0.05, 0.1) is 20.3 Å². The summed E-state index contributed by atoms with van der Waals surface area (Å²) in [4.78, 5) is 15.7. The average molecular weight is 612 g/mol. The number of carbonyl (C=O) groups excluding carboxylic acids is 1. The molecule has 45 heavy (non-hydrogen) atoms. The van der Waals surface area contributed by atoms with E-state index < -0.39 is 0 Å². The molecule has 0 aliphatic carbocycles. The highest BCUT2D eigenvalue weighted by Crippen LogP contribution is 2.49. The average Bonchev–Trinajstić information content (AvgIpc) is 3.62. The van der Waals surface area contributed by atoms with Crippen molar-refractivity contribution in [2.45, 2.75) is 80.2 Å². The van der Waals surface area contributed by atoms with Gasteiger partial charge in [-0.15, -0.1) is 0 Å². The smallest absolute Gasteiger partial charge is 0.258 e. The number of nitrogens with one attached hydrogen (secondary N) is 2. The van der Waals surface area contributed by atoms with Crippen LogP contribution >= 0.6 is 0 Å². The Morgan fingerprint density at radius 2 is 1.73 bits per heavy atom. The molecule has 242 valence electrons. The summed E-state index contributed by atoms with van der Waals surface area (Å²) in [6.07, 6.45) is 3.28. The number of hydrogen-bond acceptors (Lipinski definition) is 5. The second-order valence-corrected chi connectivity index (χ2v) is 15.0. The number of rotatable bonds is 11. The van der Waals surface area contributed by atoms with Crippen LogP contribution in [0.4, 0.5) is 11.4 Å². The van der Waals surface area contributed by atoms with Crippen molar-refractivity contribution in [3.05, 3.63) is 71.3 Å². The van der Waals surface area contributed by atoms with Crippen molar-refractivity contribution in [2.24, 2.45) is 16.7 Å². The van der Waals surface area contributed by atoms with Gasteiger partial charge < -0.3 is 25.0 Å². The van der Waals surface area contributed by atoms with E-state index in [4.69, 9.17) is 9.47 Å². The lowest BCUT2D eigenvalue weighted by atomic mass is 9.63. The van der Waals surface area contributed by atoms with Crippen LogP contribution in [0.5, 0.6) is 11.5 Å². The third-order valence-electron chi connectivity index (χ3n) is 9.25. The van der Waals surface area contributed by atoms with Gasteiger partial charge in [-0.2, -0.15) is 0 Å². The molecule has 1 saturated heterocycles. The van der Waals surface area contributed by atoms with Crippen molar-refractivity contribution in [3.8, 4) is 22.6 Å². The lowest BCUT2D eigenvalue weighted by Crippen LogP contribution is -2.30. The van der Waals surface area contributed by atoms with Gasteiger partial charge in [-0.1, -0.05) is 66.7 Å². The quantitative estimate of drug-likeness (QED) is 0.227. The van der Waals surface area contributed by atoms with E-state index in [2.05, 4.69) is 95.5 Å². The predicted molar refractivity (Wildman–Crippen MR) is 187 cm³/mol. The van der Waals surface area contributed by atoms with E-state index in [0.717, 1.165) is 71.9 Å². The first-order valence-corrected chi connectivity index (χ1v) is 16.7. The zero-order valence-corrected chi connectivity index (χ0v) is 28.7. The monoisotopic (exact) mass is 611 g/mol. The fraction of sp³-hybridized carbons (Fsp3) is 0.513. The summed E-state index contributed by atoms with van der Waals surface area (Å²) in [5, 5.41) is 7.05. The fourth-order valence-electron chi connectivity index (χ4n) is 7.58. The van der Waals surface area contributed by atoms with Crippen LogP contribution in [0.2, 0.25) is 0 Å². The van der Waals surface area contributed by atoms with Crippen molar-refractivity contribution in [3.63, 3.8) is 0 Å². The third kappa shape index (κ3) is 7.49. The summed E-state index contributed by atoms with van der Waals surface area (Å²) in [5.74, 6) is 2.40. The molecule has 2 heterocycles. The molecule has 6 nitrogen and oxygen atoms in total. The molecule has 5 rings (SSSR count). The lowest BCUT2D eigenvalue weighted by Gasteiger charge is -2.41. The van der Waals surface area contributed by atoms with Crippen LogP contribution in [0.25, 0.3) is 11.1 Å². The first-order chi connectivity index (χ1) is 21.4. The standard InChI is InChI=1S/C39H53N3O3/c1-9-16-41-31-20-29(19-30(21-31)36(38(2,3)4)39(5,6)7)27-10-11-28-25-42(37(43)33(28)22-27)32-12-13-34(35(23-32)44-8)45-18-15-26-14-17-40-24-26/h10-13,19-23,26,36,40-41H,9,14-18,24-25H2,1-8H3. The second-order valence-electron chi connectivity index (χ2n) is 15.0. The molecule has 6 heteroatoms. The number of ether oxygens (including phenoxy) is 2. The maximum atomic E-state index is 13.9. The van der Waals surface area contributed by atoms with Crippen molar-refractivity contribution in [2.75, 3.05) is 43.6 Å². The minimum atomic E-state index is 0.0130. The zero-order chi connectivity index (χ0) is 32.4. The molecule has 2 aliphatic heterocycles. The molecule has 0 saturated carbocycles. The van der Waals surface area contributed by atoms with Gasteiger partial charge in [0, 0.05) is 29.5 Å². The summed E-state index contributed by atoms with van der Waals surface area (Å²) < 4.78 is 11.8. The van der Waals surface area contributed by atoms with Gasteiger partial charge in [-0.05, 0) is 108 Å². The van der Waals surface area contributed by atoms with E-state index in [0.29, 0.717) is 30.7 Å². The number of hydrogen-bond donors (Lipinski definition) is 2. The molecule has 0 spiro atoms. The molecule has 0 bridgehead atoms. The molecule has 2 N–H and O–H groups in total. The van der Waals surface area contributed by atoms with Crippen LogP contribution < -0.4 is 25.0 Å². The Morgan fingerprint density at radius 1 is 0.956 bits per heavy atom. The molecule has 1 unspecified atom stereocenters. The normalized spacial score (nSPS) is 16.8. The number of amides is 1.